The van der Waals surface area contributed by atoms with Gasteiger partial charge in [0.1, 0.15) is 6.54 Å². The van der Waals surface area contributed by atoms with Crippen LogP contribution in [0.4, 0.5) is 13.2 Å². The highest BCUT2D eigenvalue weighted by Crippen LogP contribution is 2.23. The van der Waals surface area contributed by atoms with Crippen LogP contribution < -0.4 is 0 Å². The molecule has 70 valence electrons. The lowest BCUT2D eigenvalue weighted by molar-refractivity contribution is -0.157. The molecule has 0 aliphatic carbocycles. The molecule has 6 heteroatoms. The van der Waals surface area contributed by atoms with E-state index in [0.29, 0.717) is 0 Å². The zero-order valence-electron chi connectivity index (χ0n) is 6.07. The Morgan fingerprint density at radius 1 is 1.58 bits per heavy atom. The maximum absolute atomic E-state index is 11.8. The monoisotopic (exact) mass is 245 g/mol. The molecule has 1 aliphatic heterocycles. The summed E-state index contributed by atoms with van der Waals surface area (Å²) in [5, 5.41) is 0. The molecule has 1 aliphatic rings. The topological polar surface area (TPSA) is 20.3 Å². The van der Waals surface area contributed by atoms with Crippen LogP contribution in [-0.4, -0.2) is 34.9 Å². The number of alkyl halides is 4. The van der Waals surface area contributed by atoms with Crippen LogP contribution in [-0.2, 0) is 4.79 Å². The van der Waals surface area contributed by atoms with E-state index in [1.807, 2.05) is 0 Å². The Morgan fingerprint density at radius 2 is 2.17 bits per heavy atom. The van der Waals surface area contributed by atoms with Crippen LogP contribution in [0.1, 0.15) is 6.42 Å². The van der Waals surface area contributed by atoms with Gasteiger partial charge < -0.3 is 4.90 Å². The minimum Gasteiger partial charge on any atom is -0.332 e. The number of nitrogens with zero attached hydrogens (tertiary/aromatic N) is 1. The van der Waals surface area contributed by atoms with Crippen LogP contribution in [0.2, 0.25) is 0 Å². The number of halogens is 4. The lowest BCUT2D eigenvalue weighted by atomic mass is 10.4. The Kier molecular flexibility index (Phi) is 2.65. The van der Waals surface area contributed by atoms with Crippen molar-refractivity contribution in [1.29, 1.82) is 0 Å². The van der Waals surface area contributed by atoms with E-state index in [9.17, 15) is 18.0 Å². The van der Waals surface area contributed by atoms with Crippen LogP contribution in [0.5, 0.6) is 0 Å². The summed E-state index contributed by atoms with van der Waals surface area (Å²) in [6.45, 7) is -0.980. The maximum Gasteiger partial charge on any atom is 0.406 e. The van der Waals surface area contributed by atoms with Crippen LogP contribution in [0.15, 0.2) is 0 Å². The highest BCUT2D eigenvalue weighted by molar-refractivity contribution is 9.09. The van der Waals surface area contributed by atoms with Crippen molar-refractivity contribution in [3.05, 3.63) is 0 Å². The second kappa shape index (κ2) is 3.24. The van der Waals surface area contributed by atoms with Crippen molar-refractivity contribution in [1.82, 2.24) is 4.90 Å². The molecule has 0 bridgehead atoms. The molecule has 0 aromatic heterocycles. The van der Waals surface area contributed by atoms with E-state index < -0.39 is 18.6 Å². The first-order valence-electron chi connectivity index (χ1n) is 3.37. The molecule has 0 aromatic rings. The number of hydrogen-bond donors (Lipinski definition) is 0. The second-order valence-electron chi connectivity index (χ2n) is 2.69. The third-order valence-corrected chi connectivity index (χ3v) is 2.15. The Labute approximate surface area is 75.8 Å². The van der Waals surface area contributed by atoms with Crippen molar-refractivity contribution in [2.45, 2.75) is 17.4 Å². The molecule has 1 unspecified atom stereocenters. The predicted molar refractivity (Wildman–Crippen MR) is 40.0 cm³/mol. The summed E-state index contributed by atoms with van der Waals surface area (Å²) in [7, 11) is 0. The summed E-state index contributed by atoms with van der Waals surface area (Å²) in [6.07, 6.45) is -4.12. The van der Waals surface area contributed by atoms with Crippen LogP contribution >= 0.6 is 15.9 Å². The number of carbonyl (C=O) groups is 1. The predicted octanol–water partition coefficient (Wildman–Crippen LogP) is 1.54. The third-order valence-electron chi connectivity index (χ3n) is 1.54. The van der Waals surface area contributed by atoms with Gasteiger partial charge in [-0.25, -0.2) is 0 Å². The van der Waals surface area contributed by atoms with E-state index in [0.717, 1.165) is 4.90 Å². The molecule has 1 rings (SSSR count). The number of carbonyl (C=O) groups excluding carboxylic acids is 1. The molecular formula is C6H7BrF3NO. The molecule has 1 fully saturated rings. The smallest absolute Gasteiger partial charge is 0.332 e. The van der Waals surface area contributed by atoms with Crippen molar-refractivity contribution in [3.63, 3.8) is 0 Å². The summed E-state index contributed by atoms with van der Waals surface area (Å²) in [4.78, 5) is 11.5. The molecule has 12 heavy (non-hydrogen) atoms. The molecule has 2 nitrogen and oxygen atoms in total. The molecule has 1 heterocycles. The average molecular weight is 246 g/mol. The van der Waals surface area contributed by atoms with Crippen LogP contribution in [0, 0.1) is 0 Å². The van der Waals surface area contributed by atoms with E-state index in [1.54, 1.807) is 0 Å². The molecule has 0 N–H and O–H groups in total. The Morgan fingerprint density at radius 3 is 2.50 bits per heavy atom. The Hall–Kier alpha value is -0.260. The molecule has 0 aromatic carbocycles. The van der Waals surface area contributed by atoms with E-state index in [4.69, 9.17) is 0 Å². The van der Waals surface area contributed by atoms with Gasteiger partial charge in [0.05, 0.1) is 0 Å². The van der Waals surface area contributed by atoms with Crippen molar-refractivity contribution >= 4 is 21.8 Å². The van der Waals surface area contributed by atoms with Gasteiger partial charge in [0.2, 0.25) is 5.91 Å². The quantitative estimate of drug-likeness (QED) is 0.642. The SMILES string of the molecule is O=C1CC(Br)CN1CC(F)(F)F. The zero-order chi connectivity index (χ0) is 9.35. The summed E-state index contributed by atoms with van der Waals surface area (Å²) >= 11 is 3.10. The fraction of sp³-hybridized carbons (Fsp3) is 0.833. The van der Waals surface area contributed by atoms with Gasteiger partial charge in [-0.15, -0.1) is 0 Å². The molecule has 0 spiro atoms. The average Bonchev–Trinajstić information content (AvgIpc) is 2.06. The van der Waals surface area contributed by atoms with E-state index in [-0.39, 0.29) is 17.8 Å². The first-order valence-corrected chi connectivity index (χ1v) is 4.28. The van der Waals surface area contributed by atoms with Gasteiger partial charge in [-0.2, -0.15) is 13.2 Å². The summed E-state index contributed by atoms with van der Waals surface area (Å²) in [5.41, 5.74) is 0. The lowest BCUT2D eigenvalue weighted by Crippen LogP contribution is -2.35. The highest BCUT2D eigenvalue weighted by atomic mass is 79.9. The van der Waals surface area contributed by atoms with E-state index in [1.165, 1.54) is 0 Å². The molecule has 0 radical (unpaired) electrons. The number of hydrogen-bond acceptors (Lipinski definition) is 1. The number of likely N-dealkylation sites (tertiary alicyclic amines) is 1. The molecule has 0 saturated carbocycles. The minimum absolute atomic E-state index is 0.132. The van der Waals surface area contributed by atoms with Gasteiger partial charge in [-0.05, 0) is 0 Å². The first kappa shape index (κ1) is 9.83. The minimum atomic E-state index is -4.28. The van der Waals surface area contributed by atoms with Gasteiger partial charge in [0, 0.05) is 17.8 Å². The van der Waals surface area contributed by atoms with Gasteiger partial charge in [-0.3, -0.25) is 4.79 Å². The third kappa shape index (κ3) is 2.66. The molecule has 1 amide bonds. The fourth-order valence-electron chi connectivity index (χ4n) is 1.09. The number of amides is 1. The summed E-state index contributed by atoms with van der Waals surface area (Å²) in [6, 6.07) is 0. The lowest BCUT2D eigenvalue weighted by Gasteiger charge is -2.17. The van der Waals surface area contributed by atoms with Crippen LogP contribution in [0.25, 0.3) is 0 Å². The fourth-order valence-corrected chi connectivity index (χ4v) is 1.72. The standard InChI is InChI=1S/C6H7BrF3NO/c7-4-1-5(12)11(2-4)3-6(8,9)10/h4H,1-3H2. The normalized spacial score (nSPS) is 25.2. The zero-order valence-corrected chi connectivity index (χ0v) is 7.65. The second-order valence-corrected chi connectivity index (χ2v) is 3.99. The van der Waals surface area contributed by atoms with Gasteiger partial charge in [0.25, 0.3) is 0 Å². The molecule has 1 saturated heterocycles. The highest BCUT2D eigenvalue weighted by Gasteiger charge is 2.37. The van der Waals surface area contributed by atoms with Gasteiger partial charge in [-0.1, -0.05) is 15.9 Å². The van der Waals surface area contributed by atoms with Crippen molar-refractivity contribution in [3.8, 4) is 0 Å². The summed E-state index contributed by atoms with van der Waals surface area (Å²) < 4.78 is 35.4. The van der Waals surface area contributed by atoms with Crippen molar-refractivity contribution in [2.75, 3.05) is 13.1 Å². The molecular weight excluding hydrogens is 239 g/mol. The van der Waals surface area contributed by atoms with E-state index in [2.05, 4.69) is 15.9 Å². The maximum atomic E-state index is 11.8. The molecule has 1 atom stereocenters. The number of rotatable bonds is 1. The van der Waals surface area contributed by atoms with Gasteiger partial charge >= 0.3 is 6.18 Å². The summed E-state index contributed by atoms with van der Waals surface area (Å²) in [5.74, 6) is -0.436. The first-order chi connectivity index (χ1) is 5.38. The Balaban J connectivity index is 2.49. The Bertz CT molecular complexity index is 194. The van der Waals surface area contributed by atoms with E-state index >= 15 is 0 Å². The van der Waals surface area contributed by atoms with Crippen molar-refractivity contribution in [2.24, 2.45) is 0 Å². The van der Waals surface area contributed by atoms with Gasteiger partial charge in [0.15, 0.2) is 0 Å². The van der Waals surface area contributed by atoms with Crippen molar-refractivity contribution < 1.29 is 18.0 Å². The van der Waals surface area contributed by atoms with Crippen LogP contribution in [0.3, 0.4) is 0 Å². The largest absolute Gasteiger partial charge is 0.406 e.